The topological polar surface area (TPSA) is 0 Å². The first-order valence-electron chi connectivity index (χ1n) is 5.51. The molecule has 0 saturated carbocycles. The highest BCUT2D eigenvalue weighted by atomic mass is 19.3. The first kappa shape index (κ1) is 11.8. The summed E-state index contributed by atoms with van der Waals surface area (Å²) in [6.07, 6.45) is 4.60. The molecule has 1 aliphatic carbocycles. The van der Waals surface area contributed by atoms with Crippen LogP contribution in [0, 0.1) is 6.92 Å². The van der Waals surface area contributed by atoms with Crippen LogP contribution in [-0.4, -0.2) is 0 Å². The third kappa shape index (κ3) is 1.64. The van der Waals surface area contributed by atoms with E-state index in [9.17, 15) is 8.78 Å². The lowest BCUT2D eigenvalue weighted by Gasteiger charge is -2.13. The van der Waals surface area contributed by atoms with Crippen LogP contribution in [0.3, 0.4) is 0 Å². The lowest BCUT2D eigenvalue weighted by Crippen LogP contribution is -2.12. The smallest absolute Gasteiger partial charge is 0.196 e. The van der Waals surface area contributed by atoms with Gasteiger partial charge in [0.2, 0.25) is 0 Å². The highest BCUT2D eigenvalue weighted by Crippen LogP contribution is 2.49. The van der Waals surface area contributed by atoms with E-state index in [1.165, 1.54) is 18.2 Å². The van der Waals surface area contributed by atoms with Crippen molar-refractivity contribution >= 4 is 5.57 Å². The Morgan fingerprint density at radius 2 is 2.00 bits per heavy atom. The van der Waals surface area contributed by atoms with Gasteiger partial charge in [-0.25, -0.2) is 0 Å². The van der Waals surface area contributed by atoms with Gasteiger partial charge in [-0.05, 0) is 25.0 Å². The van der Waals surface area contributed by atoms with E-state index in [1.807, 2.05) is 6.92 Å². The van der Waals surface area contributed by atoms with Gasteiger partial charge in [0.15, 0.2) is 0 Å². The van der Waals surface area contributed by atoms with Crippen LogP contribution in [0.15, 0.2) is 48.6 Å². The van der Waals surface area contributed by atoms with Crippen LogP contribution in [0.1, 0.15) is 23.6 Å². The highest BCUT2D eigenvalue weighted by molar-refractivity contribution is 5.86. The Morgan fingerprint density at radius 3 is 2.59 bits per heavy atom. The lowest BCUT2D eigenvalue weighted by atomic mass is 10.0. The summed E-state index contributed by atoms with van der Waals surface area (Å²) >= 11 is 0. The number of rotatable bonds is 2. The quantitative estimate of drug-likeness (QED) is 0.698. The normalized spacial score (nSPS) is 17.6. The van der Waals surface area contributed by atoms with Gasteiger partial charge in [-0.2, -0.15) is 8.78 Å². The third-order valence-corrected chi connectivity index (χ3v) is 2.97. The van der Waals surface area contributed by atoms with Crippen LogP contribution in [-0.2, 0) is 5.92 Å². The number of aryl methyl sites for hydroxylation is 1. The van der Waals surface area contributed by atoms with Crippen molar-refractivity contribution in [2.75, 3.05) is 0 Å². The minimum absolute atomic E-state index is 0.0376. The van der Waals surface area contributed by atoms with Gasteiger partial charge in [0.25, 0.3) is 5.92 Å². The first-order chi connectivity index (χ1) is 8.02. The molecule has 1 aromatic carbocycles. The average molecular weight is 232 g/mol. The van der Waals surface area contributed by atoms with Gasteiger partial charge in [-0.15, -0.1) is 0 Å². The summed E-state index contributed by atoms with van der Waals surface area (Å²) < 4.78 is 28.4. The van der Waals surface area contributed by atoms with E-state index >= 15 is 0 Å². The predicted molar refractivity (Wildman–Crippen MR) is 67.0 cm³/mol. The zero-order valence-electron chi connectivity index (χ0n) is 9.93. The van der Waals surface area contributed by atoms with Crippen LogP contribution in [0.5, 0.6) is 0 Å². The maximum absolute atomic E-state index is 14.2. The molecule has 0 aliphatic heterocycles. The molecule has 0 fully saturated rings. The maximum atomic E-state index is 14.2. The monoisotopic (exact) mass is 232 g/mol. The molecule has 0 spiro atoms. The van der Waals surface area contributed by atoms with Crippen molar-refractivity contribution in [2.24, 2.45) is 0 Å². The molecule has 2 rings (SSSR count). The van der Waals surface area contributed by atoms with E-state index in [0.29, 0.717) is 11.1 Å². The van der Waals surface area contributed by atoms with Gasteiger partial charge in [0.05, 0.1) is 0 Å². The van der Waals surface area contributed by atoms with Crippen molar-refractivity contribution in [3.05, 3.63) is 65.3 Å². The molecule has 1 aromatic rings. The van der Waals surface area contributed by atoms with E-state index in [-0.39, 0.29) is 11.1 Å². The summed E-state index contributed by atoms with van der Waals surface area (Å²) in [5.74, 6) is -2.92. The van der Waals surface area contributed by atoms with Gasteiger partial charge in [-0.1, -0.05) is 48.6 Å². The molecule has 2 heteroatoms. The fraction of sp³-hybridized carbons (Fsp3) is 0.200. The highest BCUT2D eigenvalue weighted by Gasteiger charge is 2.44. The van der Waals surface area contributed by atoms with E-state index in [0.717, 1.165) is 5.56 Å². The molecule has 0 aromatic heterocycles. The SMILES string of the molecule is C=CC1=C(/C=C\C)C(F)(F)c2ccc(C)cc21. The summed E-state index contributed by atoms with van der Waals surface area (Å²) in [7, 11) is 0. The molecule has 17 heavy (non-hydrogen) atoms. The molecule has 0 bridgehead atoms. The van der Waals surface area contributed by atoms with Gasteiger partial charge < -0.3 is 0 Å². The van der Waals surface area contributed by atoms with E-state index < -0.39 is 5.92 Å². The first-order valence-corrected chi connectivity index (χ1v) is 5.51. The molecular formula is C15H14F2. The average Bonchev–Trinajstić information content (AvgIpc) is 2.48. The molecular weight excluding hydrogens is 218 g/mol. The van der Waals surface area contributed by atoms with Crippen molar-refractivity contribution in [2.45, 2.75) is 19.8 Å². The van der Waals surface area contributed by atoms with Gasteiger partial charge in [0.1, 0.15) is 0 Å². The summed E-state index contributed by atoms with van der Waals surface area (Å²) in [6, 6.07) is 5.01. The molecule has 0 heterocycles. The Morgan fingerprint density at radius 1 is 1.29 bits per heavy atom. The third-order valence-electron chi connectivity index (χ3n) is 2.97. The van der Waals surface area contributed by atoms with Crippen molar-refractivity contribution in [3.8, 4) is 0 Å². The number of alkyl halides is 2. The number of halogens is 2. The zero-order chi connectivity index (χ0) is 12.6. The van der Waals surface area contributed by atoms with Crippen LogP contribution in [0.25, 0.3) is 5.57 Å². The van der Waals surface area contributed by atoms with Crippen molar-refractivity contribution in [1.82, 2.24) is 0 Å². The number of fused-ring (bicyclic) bond motifs is 1. The summed E-state index contributed by atoms with van der Waals surface area (Å²) in [6.45, 7) is 7.27. The molecule has 0 amide bonds. The maximum Gasteiger partial charge on any atom is 0.299 e. The Kier molecular flexibility index (Phi) is 2.74. The largest absolute Gasteiger partial charge is 0.299 e. The minimum Gasteiger partial charge on any atom is -0.196 e. The van der Waals surface area contributed by atoms with Crippen LogP contribution >= 0.6 is 0 Å². The summed E-state index contributed by atoms with van der Waals surface area (Å²) in [4.78, 5) is 0. The second kappa shape index (κ2) is 3.95. The zero-order valence-corrected chi connectivity index (χ0v) is 9.93. The molecule has 88 valence electrons. The number of allylic oxidation sites excluding steroid dienone is 5. The van der Waals surface area contributed by atoms with E-state index in [4.69, 9.17) is 0 Å². The standard InChI is InChI=1S/C15H14F2/c1-4-6-13-11(5-2)12-9-10(3)7-8-14(12)15(13,16)17/h4-9H,2H2,1,3H3/b6-4-. The van der Waals surface area contributed by atoms with Crippen LogP contribution in [0.4, 0.5) is 8.78 Å². The Bertz CT molecular complexity index is 534. The molecule has 0 nitrogen and oxygen atoms in total. The second-order valence-corrected chi connectivity index (χ2v) is 4.15. The number of benzene rings is 1. The van der Waals surface area contributed by atoms with Gasteiger partial charge >= 0.3 is 0 Å². The molecule has 0 N–H and O–H groups in total. The fourth-order valence-corrected chi connectivity index (χ4v) is 2.20. The van der Waals surface area contributed by atoms with Crippen molar-refractivity contribution in [1.29, 1.82) is 0 Å². The van der Waals surface area contributed by atoms with Crippen molar-refractivity contribution in [3.63, 3.8) is 0 Å². The number of hydrogen-bond donors (Lipinski definition) is 0. The van der Waals surface area contributed by atoms with Gasteiger partial charge in [0, 0.05) is 11.1 Å². The fourth-order valence-electron chi connectivity index (χ4n) is 2.20. The van der Waals surface area contributed by atoms with Gasteiger partial charge in [-0.3, -0.25) is 0 Å². The van der Waals surface area contributed by atoms with Crippen LogP contribution < -0.4 is 0 Å². The Hall–Kier alpha value is -1.70. The van der Waals surface area contributed by atoms with Crippen molar-refractivity contribution < 1.29 is 8.78 Å². The molecule has 0 atom stereocenters. The summed E-state index contributed by atoms with van der Waals surface area (Å²) in [5.41, 5.74) is 2.22. The Labute approximate surface area is 100.0 Å². The molecule has 0 saturated heterocycles. The predicted octanol–water partition coefficient (Wildman–Crippen LogP) is 4.62. The van der Waals surface area contributed by atoms with E-state index in [1.54, 1.807) is 25.1 Å². The molecule has 1 aliphatic rings. The number of hydrogen-bond acceptors (Lipinski definition) is 0. The minimum atomic E-state index is -2.92. The lowest BCUT2D eigenvalue weighted by molar-refractivity contribution is 0.0460. The molecule has 0 unspecified atom stereocenters. The van der Waals surface area contributed by atoms with Crippen LogP contribution in [0.2, 0.25) is 0 Å². The Balaban J connectivity index is 2.76. The second-order valence-electron chi connectivity index (χ2n) is 4.15. The van der Waals surface area contributed by atoms with E-state index in [2.05, 4.69) is 6.58 Å². The molecule has 0 radical (unpaired) electrons. The summed E-state index contributed by atoms with van der Waals surface area (Å²) in [5, 5.41) is 0.